The standard InChI is InChI=1S/C23H22N2O3S.ClH/c26-23(22-3-1-11-27-22)25-8-2-7-24(9-10-25)15-20-14-19-13-17(4-5-21(19)28-20)18-6-12-29-16-18;/h1,3-6,11-14,16H,2,7-10,15H2;1H. The van der Waals surface area contributed by atoms with Crippen molar-refractivity contribution in [3.8, 4) is 11.1 Å². The lowest BCUT2D eigenvalue weighted by Gasteiger charge is -2.20. The summed E-state index contributed by atoms with van der Waals surface area (Å²) in [6.07, 6.45) is 2.48. The highest BCUT2D eigenvalue weighted by Gasteiger charge is 2.22. The highest BCUT2D eigenvalue weighted by Crippen LogP contribution is 2.28. The minimum absolute atomic E-state index is 0. The molecule has 0 aliphatic carbocycles. The molecule has 156 valence electrons. The van der Waals surface area contributed by atoms with Crippen molar-refractivity contribution in [1.82, 2.24) is 9.80 Å². The van der Waals surface area contributed by atoms with Crippen molar-refractivity contribution in [2.45, 2.75) is 13.0 Å². The van der Waals surface area contributed by atoms with Crippen molar-refractivity contribution in [1.29, 1.82) is 0 Å². The van der Waals surface area contributed by atoms with Crippen LogP contribution in [0.2, 0.25) is 0 Å². The fourth-order valence-electron chi connectivity index (χ4n) is 3.89. The molecule has 0 spiro atoms. The summed E-state index contributed by atoms with van der Waals surface area (Å²) in [6.45, 7) is 3.97. The molecule has 1 saturated heterocycles. The first kappa shape index (κ1) is 20.7. The van der Waals surface area contributed by atoms with Crippen LogP contribution in [0.4, 0.5) is 0 Å². The number of carbonyl (C=O) groups excluding carboxylic acids is 1. The second-order valence-corrected chi connectivity index (χ2v) is 8.16. The minimum Gasteiger partial charge on any atom is -0.460 e. The maximum Gasteiger partial charge on any atom is 0.289 e. The van der Waals surface area contributed by atoms with Crippen molar-refractivity contribution in [3.05, 3.63) is 71.0 Å². The molecule has 0 saturated carbocycles. The number of nitrogens with zero attached hydrogens (tertiary/aromatic N) is 2. The number of carbonyl (C=O) groups is 1. The quantitative estimate of drug-likeness (QED) is 0.417. The lowest BCUT2D eigenvalue weighted by atomic mass is 10.1. The molecule has 0 bridgehead atoms. The van der Waals surface area contributed by atoms with E-state index in [1.807, 2.05) is 4.90 Å². The molecule has 0 radical (unpaired) electrons. The molecule has 5 rings (SSSR count). The summed E-state index contributed by atoms with van der Waals surface area (Å²) in [5, 5.41) is 5.39. The van der Waals surface area contributed by atoms with Crippen LogP contribution in [0.1, 0.15) is 22.7 Å². The second-order valence-electron chi connectivity index (χ2n) is 7.38. The summed E-state index contributed by atoms with van der Waals surface area (Å²) in [7, 11) is 0. The normalized spacial score (nSPS) is 15.1. The number of thiophene rings is 1. The van der Waals surface area contributed by atoms with Gasteiger partial charge >= 0.3 is 0 Å². The van der Waals surface area contributed by atoms with Crippen LogP contribution in [0, 0.1) is 0 Å². The zero-order chi connectivity index (χ0) is 19.6. The van der Waals surface area contributed by atoms with Gasteiger partial charge in [0, 0.05) is 31.6 Å². The molecule has 0 N–H and O–H groups in total. The molecular weight excluding hydrogens is 420 g/mol. The van der Waals surface area contributed by atoms with Gasteiger partial charge < -0.3 is 13.7 Å². The van der Waals surface area contributed by atoms with E-state index in [2.05, 4.69) is 46.0 Å². The van der Waals surface area contributed by atoms with Crippen molar-refractivity contribution in [3.63, 3.8) is 0 Å². The predicted molar refractivity (Wildman–Crippen MR) is 121 cm³/mol. The molecule has 1 aliphatic heterocycles. The van der Waals surface area contributed by atoms with Gasteiger partial charge in [0.05, 0.1) is 12.8 Å². The van der Waals surface area contributed by atoms with Crippen LogP contribution in [0.5, 0.6) is 0 Å². The summed E-state index contributed by atoms with van der Waals surface area (Å²) in [5.41, 5.74) is 3.38. The van der Waals surface area contributed by atoms with Gasteiger partial charge in [-0.1, -0.05) is 6.07 Å². The Morgan fingerprint density at radius 1 is 1.03 bits per heavy atom. The van der Waals surface area contributed by atoms with Crippen molar-refractivity contribution >= 4 is 40.6 Å². The average Bonchev–Trinajstić information content (AvgIpc) is 3.47. The third-order valence-electron chi connectivity index (χ3n) is 5.41. The van der Waals surface area contributed by atoms with Crippen molar-refractivity contribution in [2.75, 3.05) is 26.2 Å². The van der Waals surface area contributed by atoms with Gasteiger partial charge in [0.25, 0.3) is 5.91 Å². The van der Waals surface area contributed by atoms with Gasteiger partial charge in [-0.15, -0.1) is 12.4 Å². The zero-order valence-electron chi connectivity index (χ0n) is 16.5. The van der Waals surface area contributed by atoms with Gasteiger partial charge in [0.2, 0.25) is 0 Å². The lowest BCUT2D eigenvalue weighted by Crippen LogP contribution is -2.34. The molecule has 5 nitrogen and oxygen atoms in total. The Kier molecular flexibility index (Phi) is 6.27. The maximum absolute atomic E-state index is 12.5. The molecule has 4 aromatic rings. The summed E-state index contributed by atoms with van der Waals surface area (Å²) in [4.78, 5) is 16.8. The minimum atomic E-state index is -0.0263. The number of hydrogen-bond acceptors (Lipinski definition) is 5. The fraction of sp³-hybridized carbons (Fsp3) is 0.261. The van der Waals surface area contributed by atoms with E-state index in [9.17, 15) is 4.79 Å². The number of halogens is 1. The SMILES string of the molecule is Cl.O=C(c1ccco1)N1CCCN(Cc2cc3cc(-c4ccsc4)ccc3o2)CC1. The molecule has 1 aromatic carbocycles. The molecule has 0 unspecified atom stereocenters. The van der Waals surface area contributed by atoms with Crippen molar-refractivity contribution in [2.24, 2.45) is 0 Å². The predicted octanol–water partition coefficient (Wildman–Crippen LogP) is 5.52. The zero-order valence-corrected chi connectivity index (χ0v) is 18.1. The monoisotopic (exact) mass is 442 g/mol. The number of rotatable bonds is 4. The second kappa shape index (κ2) is 9.08. The van der Waals surface area contributed by atoms with Gasteiger partial charge in [-0.2, -0.15) is 11.3 Å². The molecular formula is C23H23ClN2O3S. The number of furan rings is 2. The van der Waals surface area contributed by atoms with Gasteiger partial charge in [0.1, 0.15) is 11.3 Å². The third kappa shape index (κ3) is 4.31. The van der Waals surface area contributed by atoms with Crippen LogP contribution in [0.15, 0.2) is 68.3 Å². The Morgan fingerprint density at radius 3 is 2.77 bits per heavy atom. The Balaban J connectivity index is 0.00000218. The Labute approximate surface area is 185 Å². The van der Waals surface area contributed by atoms with Crippen LogP contribution < -0.4 is 0 Å². The van der Waals surface area contributed by atoms with Gasteiger partial charge in [0.15, 0.2) is 5.76 Å². The molecule has 7 heteroatoms. The third-order valence-corrected chi connectivity index (χ3v) is 6.09. The van der Waals surface area contributed by atoms with Crippen LogP contribution in [-0.2, 0) is 6.54 Å². The maximum atomic E-state index is 12.5. The van der Waals surface area contributed by atoms with E-state index < -0.39 is 0 Å². The van der Waals surface area contributed by atoms with Gasteiger partial charge in [-0.25, -0.2) is 0 Å². The lowest BCUT2D eigenvalue weighted by molar-refractivity contribution is 0.0729. The van der Waals surface area contributed by atoms with E-state index in [0.29, 0.717) is 12.3 Å². The molecule has 4 heterocycles. The topological polar surface area (TPSA) is 49.8 Å². The number of amides is 1. The number of hydrogen-bond donors (Lipinski definition) is 0. The molecule has 1 fully saturated rings. The largest absolute Gasteiger partial charge is 0.460 e. The first-order chi connectivity index (χ1) is 14.3. The number of benzene rings is 1. The van der Waals surface area contributed by atoms with E-state index in [1.54, 1.807) is 29.7 Å². The Morgan fingerprint density at radius 2 is 1.97 bits per heavy atom. The number of fused-ring (bicyclic) bond motifs is 1. The summed E-state index contributed by atoms with van der Waals surface area (Å²) >= 11 is 1.71. The summed E-state index contributed by atoms with van der Waals surface area (Å²) in [6, 6.07) is 14.1. The fourth-order valence-corrected chi connectivity index (χ4v) is 4.56. The highest BCUT2D eigenvalue weighted by molar-refractivity contribution is 7.08. The van der Waals surface area contributed by atoms with Crippen LogP contribution >= 0.6 is 23.7 Å². The van der Waals surface area contributed by atoms with E-state index in [1.165, 1.54) is 11.1 Å². The van der Waals surface area contributed by atoms with E-state index in [0.717, 1.165) is 49.3 Å². The van der Waals surface area contributed by atoms with Gasteiger partial charge in [-0.05, 0) is 64.7 Å². The smallest absolute Gasteiger partial charge is 0.289 e. The summed E-state index contributed by atoms with van der Waals surface area (Å²) in [5.74, 6) is 1.35. The highest BCUT2D eigenvalue weighted by atomic mass is 35.5. The van der Waals surface area contributed by atoms with Crippen molar-refractivity contribution < 1.29 is 13.6 Å². The Hall–Kier alpha value is -2.54. The first-order valence-corrected chi connectivity index (χ1v) is 10.8. The van der Waals surface area contributed by atoms with E-state index >= 15 is 0 Å². The molecule has 1 amide bonds. The van der Waals surface area contributed by atoms with E-state index in [4.69, 9.17) is 8.83 Å². The van der Waals surface area contributed by atoms with E-state index in [-0.39, 0.29) is 18.3 Å². The summed E-state index contributed by atoms with van der Waals surface area (Å²) < 4.78 is 11.3. The van der Waals surface area contributed by atoms with Crippen LogP contribution in [0.25, 0.3) is 22.1 Å². The molecule has 30 heavy (non-hydrogen) atoms. The molecule has 0 atom stereocenters. The molecule has 1 aliphatic rings. The molecule has 3 aromatic heterocycles. The Bertz CT molecular complexity index is 1110. The average molecular weight is 443 g/mol. The first-order valence-electron chi connectivity index (χ1n) is 9.86. The van der Waals surface area contributed by atoms with Crippen LogP contribution in [-0.4, -0.2) is 41.9 Å². The van der Waals surface area contributed by atoms with Gasteiger partial charge in [-0.3, -0.25) is 9.69 Å². The van der Waals surface area contributed by atoms with Crippen LogP contribution in [0.3, 0.4) is 0 Å².